The predicted octanol–water partition coefficient (Wildman–Crippen LogP) is 2.60. The smallest absolute Gasteiger partial charge is 0.203 e. The Hall–Kier alpha value is -0.990. The second-order valence-corrected chi connectivity index (χ2v) is 4.81. The first kappa shape index (κ1) is 9.25. The monoisotopic (exact) mass is 205 g/mol. The van der Waals surface area contributed by atoms with Crippen LogP contribution in [0.5, 0.6) is 0 Å². The van der Waals surface area contributed by atoms with Gasteiger partial charge in [0.1, 0.15) is 0 Å². The molecular formula is C12H19N3. The van der Waals surface area contributed by atoms with Crippen molar-refractivity contribution in [3.63, 3.8) is 0 Å². The van der Waals surface area contributed by atoms with Gasteiger partial charge in [-0.3, -0.25) is 0 Å². The van der Waals surface area contributed by atoms with Crippen molar-refractivity contribution in [2.45, 2.75) is 45.1 Å². The van der Waals surface area contributed by atoms with Crippen molar-refractivity contribution in [3.05, 3.63) is 11.9 Å². The highest BCUT2D eigenvalue weighted by Gasteiger charge is 2.31. The molecule has 15 heavy (non-hydrogen) atoms. The van der Waals surface area contributed by atoms with Gasteiger partial charge in [0.25, 0.3) is 0 Å². The van der Waals surface area contributed by atoms with E-state index >= 15 is 0 Å². The molecule has 1 aliphatic heterocycles. The zero-order chi connectivity index (χ0) is 10.3. The van der Waals surface area contributed by atoms with Gasteiger partial charge in [0.05, 0.1) is 5.69 Å². The molecule has 1 N–H and O–H groups in total. The predicted molar refractivity (Wildman–Crippen MR) is 61.1 cm³/mol. The molecular weight excluding hydrogens is 186 g/mol. The van der Waals surface area contributed by atoms with E-state index in [0.717, 1.165) is 30.9 Å². The molecule has 2 atom stereocenters. The van der Waals surface area contributed by atoms with Gasteiger partial charge >= 0.3 is 0 Å². The topological polar surface area (TPSA) is 29.9 Å². The lowest BCUT2D eigenvalue weighted by Crippen LogP contribution is -2.34. The van der Waals surface area contributed by atoms with Gasteiger partial charge in [-0.15, -0.1) is 0 Å². The van der Waals surface area contributed by atoms with E-state index in [4.69, 9.17) is 0 Å². The van der Waals surface area contributed by atoms with E-state index in [0.29, 0.717) is 0 Å². The van der Waals surface area contributed by atoms with Crippen LogP contribution in [0.3, 0.4) is 0 Å². The minimum atomic E-state index is 0.725. The van der Waals surface area contributed by atoms with Crippen molar-refractivity contribution in [2.24, 2.45) is 5.92 Å². The van der Waals surface area contributed by atoms with Gasteiger partial charge < -0.3 is 9.88 Å². The molecule has 0 radical (unpaired) electrons. The van der Waals surface area contributed by atoms with Crippen molar-refractivity contribution in [3.8, 4) is 0 Å². The van der Waals surface area contributed by atoms with Gasteiger partial charge in [0.15, 0.2) is 0 Å². The first-order chi connectivity index (χ1) is 7.38. The summed E-state index contributed by atoms with van der Waals surface area (Å²) in [6, 6.07) is 0.725. The van der Waals surface area contributed by atoms with E-state index in [1.165, 1.54) is 31.4 Å². The van der Waals surface area contributed by atoms with E-state index in [1.807, 2.05) is 0 Å². The summed E-state index contributed by atoms with van der Waals surface area (Å²) in [7, 11) is 0. The lowest BCUT2D eigenvalue weighted by atomic mass is 9.83. The lowest BCUT2D eigenvalue weighted by Gasteiger charge is -2.37. The van der Waals surface area contributed by atoms with Crippen LogP contribution in [0.4, 0.5) is 5.95 Å². The molecule has 0 saturated heterocycles. The second kappa shape index (κ2) is 3.54. The molecule has 2 unspecified atom stereocenters. The quantitative estimate of drug-likeness (QED) is 0.763. The van der Waals surface area contributed by atoms with Gasteiger partial charge in [-0.25, -0.2) is 4.98 Å². The van der Waals surface area contributed by atoms with Crippen molar-refractivity contribution in [1.29, 1.82) is 0 Å². The van der Waals surface area contributed by atoms with E-state index in [9.17, 15) is 0 Å². The summed E-state index contributed by atoms with van der Waals surface area (Å²) in [5.41, 5.74) is 1.23. The number of fused-ring (bicyclic) bond motifs is 3. The second-order valence-electron chi connectivity index (χ2n) is 4.81. The maximum Gasteiger partial charge on any atom is 0.203 e. The first-order valence-corrected chi connectivity index (χ1v) is 6.20. The molecule has 82 valence electrons. The fourth-order valence-electron chi connectivity index (χ4n) is 3.01. The SMILES string of the molecule is CCc1cn2c(n1)NCC1CCCCC12. The van der Waals surface area contributed by atoms with Crippen LogP contribution < -0.4 is 5.32 Å². The molecule has 0 spiro atoms. The summed E-state index contributed by atoms with van der Waals surface area (Å²) in [6.45, 7) is 3.30. The Morgan fingerprint density at radius 3 is 3.20 bits per heavy atom. The molecule has 1 aromatic rings. The Balaban J connectivity index is 1.95. The lowest BCUT2D eigenvalue weighted by molar-refractivity contribution is 0.238. The van der Waals surface area contributed by atoms with Gasteiger partial charge in [-0.05, 0) is 25.2 Å². The molecule has 3 heteroatoms. The molecule has 0 aromatic carbocycles. The number of rotatable bonds is 1. The number of hydrogen-bond donors (Lipinski definition) is 1. The molecule has 0 amide bonds. The molecule has 0 bridgehead atoms. The van der Waals surface area contributed by atoms with E-state index in [2.05, 4.69) is 28.0 Å². The summed E-state index contributed by atoms with van der Waals surface area (Å²) >= 11 is 0. The van der Waals surface area contributed by atoms with Crippen LogP contribution in [0.15, 0.2) is 6.20 Å². The minimum absolute atomic E-state index is 0.725. The number of nitrogens with zero attached hydrogens (tertiary/aromatic N) is 2. The fraction of sp³-hybridized carbons (Fsp3) is 0.750. The molecule has 1 fully saturated rings. The number of anilines is 1. The Morgan fingerprint density at radius 2 is 2.33 bits per heavy atom. The van der Waals surface area contributed by atoms with Crippen LogP contribution in [-0.2, 0) is 6.42 Å². The van der Waals surface area contributed by atoms with E-state index < -0.39 is 0 Å². The summed E-state index contributed by atoms with van der Waals surface area (Å²) in [4.78, 5) is 4.61. The van der Waals surface area contributed by atoms with Crippen molar-refractivity contribution in [1.82, 2.24) is 9.55 Å². The van der Waals surface area contributed by atoms with Crippen LogP contribution in [0.25, 0.3) is 0 Å². The number of nitrogens with one attached hydrogen (secondary N) is 1. The average molecular weight is 205 g/mol. The zero-order valence-electron chi connectivity index (χ0n) is 9.37. The highest BCUT2D eigenvalue weighted by molar-refractivity contribution is 5.33. The normalized spacial score (nSPS) is 29.1. The van der Waals surface area contributed by atoms with Crippen LogP contribution in [0.2, 0.25) is 0 Å². The Kier molecular flexibility index (Phi) is 2.19. The van der Waals surface area contributed by atoms with Crippen LogP contribution in [0.1, 0.15) is 44.3 Å². The summed E-state index contributed by atoms with van der Waals surface area (Å²) in [6.07, 6.45) is 8.83. The molecule has 3 nitrogen and oxygen atoms in total. The highest BCUT2D eigenvalue weighted by Crippen LogP contribution is 2.38. The number of hydrogen-bond acceptors (Lipinski definition) is 2. The van der Waals surface area contributed by atoms with Crippen molar-refractivity contribution >= 4 is 5.95 Å². The summed E-state index contributed by atoms with van der Waals surface area (Å²) in [5.74, 6) is 1.94. The van der Waals surface area contributed by atoms with Gasteiger partial charge in [-0.1, -0.05) is 19.8 Å². The largest absolute Gasteiger partial charge is 0.355 e. The summed E-state index contributed by atoms with van der Waals surface area (Å²) < 4.78 is 2.40. The first-order valence-electron chi connectivity index (χ1n) is 6.20. The maximum absolute atomic E-state index is 4.61. The third-order valence-corrected chi connectivity index (χ3v) is 3.89. The highest BCUT2D eigenvalue weighted by atomic mass is 15.2. The van der Waals surface area contributed by atoms with Crippen molar-refractivity contribution < 1.29 is 0 Å². The Morgan fingerprint density at radius 1 is 1.47 bits per heavy atom. The fourth-order valence-corrected chi connectivity index (χ4v) is 3.01. The van der Waals surface area contributed by atoms with Crippen LogP contribution >= 0.6 is 0 Å². The zero-order valence-corrected chi connectivity index (χ0v) is 9.37. The van der Waals surface area contributed by atoms with Gasteiger partial charge in [-0.2, -0.15) is 0 Å². The third kappa shape index (κ3) is 1.45. The Labute approximate surface area is 90.9 Å². The van der Waals surface area contributed by atoms with Gasteiger partial charge in [0.2, 0.25) is 5.95 Å². The van der Waals surface area contributed by atoms with Crippen LogP contribution in [-0.4, -0.2) is 16.1 Å². The minimum Gasteiger partial charge on any atom is -0.355 e. The molecule has 1 aliphatic carbocycles. The average Bonchev–Trinajstić information content (AvgIpc) is 2.72. The van der Waals surface area contributed by atoms with Crippen molar-refractivity contribution in [2.75, 3.05) is 11.9 Å². The maximum atomic E-state index is 4.61. The van der Waals surface area contributed by atoms with Crippen LogP contribution in [0, 0.1) is 5.92 Å². The number of aromatic nitrogens is 2. The van der Waals surface area contributed by atoms with E-state index in [-0.39, 0.29) is 0 Å². The van der Waals surface area contributed by atoms with Gasteiger partial charge in [0, 0.05) is 18.8 Å². The molecule has 2 aliphatic rings. The third-order valence-electron chi connectivity index (χ3n) is 3.89. The molecule has 1 saturated carbocycles. The Bertz CT molecular complexity index is 356. The molecule has 3 rings (SSSR count). The van der Waals surface area contributed by atoms with E-state index in [1.54, 1.807) is 0 Å². The standard InChI is InChI=1S/C12H19N3/c1-2-10-8-15-11-6-4-3-5-9(11)7-13-12(15)14-10/h8-9,11H,2-7H2,1H3,(H,13,14). The number of imidazole rings is 1. The summed E-state index contributed by atoms with van der Waals surface area (Å²) in [5, 5.41) is 3.47. The number of aryl methyl sites for hydroxylation is 1. The molecule has 2 heterocycles. The molecule has 1 aromatic heterocycles.